The first-order valence-electron chi connectivity index (χ1n) is 6.54. The van der Waals surface area contributed by atoms with Crippen LogP contribution in [0, 0.1) is 0 Å². The third kappa shape index (κ3) is 3.65. The number of carbonyl (C=O) groups is 1. The fraction of sp³-hybridized carbons (Fsp3) is 0.417. The number of aromatic nitrogens is 5. The minimum absolute atomic E-state index is 0.118. The van der Waals surface area contributed by atoms with Gasteiger partial charge in [0.1, 0.15) is 6.33 Å². The van der Waals surface area contributed by atoms with E-state index in [0.717, 1.165) is 0 Å². The van der Waals surface area contributed by atoms with Crippen molar-refractivity contribution in [2.24, 2.45) is 0 Å². The van der Waals surface area contributed by atoms with Gasteiger partial charge < -0.3 is 15.5 Å². The molecule has 0 spiro atoms. The lowest BCUT2D eigenvalue weighted by atomic mass is 10.5. The predicted molar refractivity (Wildman–Crippen MR) is 78.4 cm³/mol. The van der Waals surface area contributed by atoms with E-state index in [4.69, 9.17) is 0 Å². The summed E-state index contributed by atoms with van der Waals surface area (Å²) in [5.74, 6) is 1.19. The van der Waals surface area contributed by atoms with E-state index < -0.39 is 0 Å². The molecular formula is C12H18N8O. The second kappa shape index (κ2) is 6.64. The molecule has 2 N–H and O–H groups in total. The van der Waals surface area contributed by atoms with Crippen LogP contribution in [0.5, 0.6) is 0 Å². The van der Waals surface area contributed by atoms with Crippen molar-refractivity contribution in [1.29, 1.82) is 0 Å². The first-order valence-corrected chi connectivity index (χ1v) is 6.54. The molecule has 0 aromatic carbocycles. The molecule has 2 rings (SSSR count). The van der Waals surface area contributed by atoms with Crippen molar-refractivity contribution in [2.75, 3.05) is 37.4 Å². The normalized spacial score (nSPS) is 10.2. The highest BCUT2D eigenvalue weighted by Gasteiger charge is 2.13. The first kappa shape index (κ1) is 14.7. The van der Waals surface area contributed by atoms with Crippen LogP contribution in [0.2, 0.25) is 0 Å². The zero-order valence-corrected chi connectivity index (χ0v) is 12.2. The van der Waals surface area contributed by atoms with Crippen LogP contribution in [0.1, 0.15) is 6.92 Å². The Morgan fingerprint density at radius 3 is 2.81 bits per heavy atom. The quantitative estimate of drug-likeness (QED) is 0.751. The molecule has 9 heteroatoms. The lowest BCUT2D eigenvalue weighted by Gasteiger charge is -2.17. The molecule has 0 saturated heterocycles. The summed E-state index contributed by atoms with van der Waals surface area (Å²) in [5, 5.41) is 5.61. The van der Waals surface area contributed by atoms with Gasteiger partial charge in [-0.1, -0.05) is 0 Å². The number of likely N-dealkylation sites (N-methyl/N-ethyl adjacent to an activating group) is 2. The van der Waals surface area contributed by atoms with Crippen LogP contribution >= 0.6 is 0 Å². The molecule has 0 saturated carbocycles. The zero-order chi connectivity index (χ0) is 15.2. The molecule has 112 valence electrons. The van der Waals surface area contributed by atoms with Gasteiger partial charge in [0.2, 0.25) is 23.8 Å². The summed E-state index contributed by atoms with van der Waals surface area (Å²) in [6.45, 7) is 2.80. The van der Waals surface area contributed by atoms with E-state index in [1.54, 1.807) is 42.3 Å². The van der Waals surface area contributed by atoms with Gasteiger partial charge in [-0.05, 0) is 6.92 Å². The molecule has 0 bridgehead atoms. The van der Waals surface area contributed by atoms with Crippen LogP contribution in [-0.2, 0) is 4.79 Å². The number of imidazole rings is 1. The molecular weight excluding hydrogens is 272 g/mol. The minimum atomic E-state index is -0.118. The van der Waals surface area contributed by atoms with Gasteiger partial charge in [-0.25, -0.2) is 4.98 Å². The van der Waals surface area contributed by atoms with Crippen molar-refractivity contribution in [3.05, 3.63) is 18.7 Å². The van der Waals surface area contributed by atoms with Gasteiger partial charge in [-0.3, -0.25) is 9.36 Å². The summed E-state index contributed by atoms with van der Waals surface area (Å²) in [4.78, 5) is 30.1. The third-order valence-electron chi connectivity index (χ3n) is 2.68. The van der Waals surface area contributed by atoms with E-state index in [1.807, 2.05) is 6.92 Å². The van der Waals surface area contributed by atoms with E-state index in [0.29, 0.717) is 24.4 Å². The molecule has 0 aliphatic rings. The molecule has 0 atom stereocenters. The number of rotatable bonds is 6. The average molecular weight is 290 g/mol. The van der Waals surface area contributed by atoms with Crippen molar-refractivity contribution < 1.29 is 4.79 Å². The van der Waals surface area contributed by atoms with E-state index in [2.05, 4.69) is 30.6 Å². The Balaban J connectivity index is 2.33. The molecule has 2 aromatic heterocycles. The lowest BCUT2D eigenvalue weighted by Crippen LogP contribution is -2.34. The number of nitrogens with one attached hydrogen (secondary N) is 2. The molecule has 2 aromatic rings. The summed E-state index contributed by atoms with van der Waals surface area (Å²) in [5.41, 5.74) is 0. The Bertz CT molecular complexity index is 597. The second-order valence-corrected chi connectivity index (χ2v) is 4.29. The lowest BCUT2D eigenvalue weighted by molar-refractivity contribution is -0.119. The molecule has 0 fully saturated rings. The Labute approximate surface area is 122 Å². The van der Waals surface area contributed by atoms with Crippen molar-refractivity contribution in [2.45, 2.75) is 6.92 Å². The molecule has 0 radical (unpaired) electrons. The topological polar surface area (TPSA) is 101 Å². The van der Waals surface area contributed by atoms with Crippen LogP contribution < -0.4 is 15.5 Å². The summed E-state index contributed by atoms with van der Waals surface area (Å²) >= 11 is 0. The Morgan fingerprint density at radius 2 is 2.19 bits per heavy atom. The maximum atomic E-state index is 11.5. The monoisotopic (exact) mass is 290 g/mol. The molecule has 1 amide bonds. The molecule has 2 heterocycles. The summed E-state index contributed by atoms with van der Waals surface area (Å²) < 4.78 is 1.68. The summed E-state index contributed by atoms with van der Waals surface area (Å²) in [6, 6.07) is 0. The summed E-state index contributed by atoms with van der Waals surface area (Å²) in [6.07, 6.45) is 4.99. The molecule has 0 aliphatic heterocycles. The largest absolute Gasteiger partial charge is 0.358 e. The van der Waals surface area contributed by atoms with Crippen LogP contribution in [0.25, 0.3) is 5.95 Å². The third-order valence-corrected chi connectivity index (χ3v) is 2.68. The van der Waals surface area contributed by atoms with Gasteiger partial charge in [0.15, 0.2) is 0 Å². The predicted octanol–water partition coefficient (Wildman–Crippen LogP) is -0.329. The van der Waals surface area contributed by atoms with Crippen LogP contribution in [0.3, 0.4) is 0 Å². The van der Waals surface area contributed by atoms with Crippen molar-refractivity contribution in [3.63, 3.8) is 0 Å². The minimum Gasteiger partial charge on any atom is -0.358 e. The maximum absolute atomic E-state index is 11.5. The van der Waals surface area contributed by atoms with E-state index in [1.165, 1.54) is 0 Å². The fourth-order valence-corrected chi connectivity index (χ4v) is 1.62. The van der Waals surface area contributed by atoms with Gasteiger partial charge in [-0.15, -0.1) is 0 Å². The van der Waals surface area contributed by atoms with Crippen molar-refractivity contribution >= 4 is 17.8 Å². The van der Waals surface area contributed by atoms with E-state index >= 15 is 0 Å². The highest BCUT2D eigenvalue weighted by atomic mass is 16.1. The maximum Gasteiger partial charge on any atom is 0.241 e. The van der Waals surface area contributed by atoms with Crippen molar-refractivity contribution in [3.8, 4) is 5.95 Å². The SMILES string of the molecule is CCNc1nc(N(C)CC(=O)NC)nc(-n2ccnc2)n1. The Hall–Kier alpha value is -2.71. The first-order chi connectivity index (χ1) is 10.1. The number of amides is 1. The number of hydrogen-bond donors (Lipinski definition) is 2. The van der Waals surface area contributed by atoms with E-state index in [9.17, 15) is 4.79 Å². The number of nitrogens with zero attached hydrogens (tertiary/aromatic N) is 6. The van der Waals surface area contributed by atoms with E-state index in [-0.39, 0.29) is 12.5 Å². The van der Waals surface area contributed by atoms with Gasteiger partial charge in [-0.2, -0.15) is 15.0 Å². The van der Waals surface area contributed by atoms with Gasteiger partial charge in [0.05, 0.1) is 6.54 Å². The molecule has 0 unspecified atom stereocenters. The highest BCUT2D eigenvalue weighted by molar-refractivity contribution is 5.80. The second-order valence-electron chi connectivity index (χ2n) is 4.29. The van der Waals surface area contributed by atoms with Gasteiger partial charge in [0, 0.05) is 33.0 Å². The summed E-state index contributed by atoms with van der Waals surface area (Å²) in [7, 11) is 3.34. The average Bonchev–Trinajstić information content (AvgIpc) is 3.01. The van der Waals surface area contributed by atoms with Crippen LogP contribution in [0.15, 0.2) is 18.7 Å². The number of anilines is 2. The molecule has 9 nitrogen and oxygen atoms in total. The number of carbonyl (C=O) groups excluding carboxylic acids is 1. The highest BCUT2D eigenvalue weighted by Crippen LogP contribution is 2.12. The van der Waals surface area contributed by atoms with Crippen molar-refractivity contribution in [1.82, 2.24) is 29.8 Å². The standard InChI is InChI=1S/C12H18N8O/c1-4-15-10-16-11(19(3)7-9(21)13-2)18-12(17-10)20-6-5-14-8-20/h5-6,8H,4,7H2,1-3H3,(H,13,21)(H,15,16,17,18). The van der Waals surface area contributed by atoms with Crippen LogP contribution in [0.4, 0.5) is 11.9 Å². The molecule has 21 heavy (non-hydrogen) atoms. The van der Waals surface area contributed by atoms with Crippen LogP contribution in [-0.4, -0.2) is 57.6 Å². The van der Waals surface area contributed by atoms with Gasteiger partial charge in [0.25, 0.3) is 0 Å². The molecule has 0 aliphatic carbocycles. The Kier molecular flexibility index (Phi) is 4.64. The van der Waals surface area contributed by atoms with Gasteiger partial charge >= 0.3 is 0 Å². The fourth-order valence-electron chi connectivity index (χ4n) is 1.62. The zero-order valence-electron chi connectivity index (χ0n) is 12.2. The smallest absolute Gasteiger partial charge is 0.241 e. The Morgan fingerprint density at radius 1 is 1.38 bits per heavy atom. The number of hydrogen-bond acceptors (Lipinski definition) is 7.